The van der Waals surface area contributed by atoms with Crippen LogP contribution in [0.3, 0.4) is 0 Å². The summed E-state index contributed by atoms with van der Waals surface area (Å²) in [7, 11) is 0. The van der Waals surface area contributed by atoms with E-state index in [1.807, 2.05) is 0 Å². The van der Waals surface area contributed by atoms with E-state index in [0.717, 1.165) is 11.8 Å². The summed E-state index contributed by atoms with van der Waals surface area (Å²) in [6.45, 7) is 1.11. The maximum Gasteiger partial charge on any atom is 0.279 e. The number of thioether (sulfide) groups is 1. The molecule has 1 N–H and O–H groups in total. The molecule has 23 heavy (non-hydrogen) atoms. The van der Waals surface area contributed by atoms with Gasteiger partial charge in [-0.1, -0.05) is 23.4 Å². The number of amides is 2. The number of nitrogens with zero attached hydrogens (tertiary/aromatic N) is 1. The summed E-state index contributed by atoms with van der Waals surface area (Å²) < 4.78 is 0. The highest BCUT2D eigenvalue weighted by molar-refractivity contribution is 8.14. The number of benzene rings is 1. The standard InChI is InChI=1S/C16H17ClN2O3S/c17-12-3-1-10(2-4-12)14(20)11-5-7-19(8-6-11)15(21)13-9-23-16(22)18-13/h1-4,11,13H,5-9H2,(H,18,22)/t13-/m1/s1. The van der Waals surface area contributed by atoms with Crippen molar-refractivity contribution in [1.82, 2.24) is 10.2 Å². The number of rotatable bonds is 3. The Morgan fingerprint density at radius 3 is 2.39 bits per heavy atom. The van der Waals surface area contributed by atoms with Gasteiger partial charge in [-0.3, -0.25) is 14.4 Å². The first-order chi connectivity index (χ1) is 11.0. The summed E-state index contributed by atoms with van der Waals surface area (Å²) in [5, 5.41) is 3.14. The van der Waals surface area contributed by atoms with Gasteiger partial charge in [-0.2, -0.15) is 0 Å². The molecule has 0 aliphatic carbocycles. The van der Waals surface area contributed by atoms with Crippen molar-refractivity contribution in [2.24, 2.45) is 5.92 Å². The predicted molar refractivity (Wildman–Crippen MR) is 89.9 cm³/mol. The lowest BCUT2D eigenvalue weighted by Gasteiger charge is -2.32. The molecule has 2 saturated heterocycles. The van der Waals surface area contributed by atoms with Crippen molar-refractivity contribution in [3.05, 3.63) is 34.9 Å². The van der Waals surface area contributed by atoms with Crippen LogP contribution in [0.1, 0.15) is 23.2 Å². The number of ketones is 1. The van der Waals surface area contributed by atoms with E-state index in [0.29, 0.717) is 42.3 Å². The molecule has 0 bridgehead atoms. The van der Waals surface area contributed by atoms with Gasteiger partial charge in [-0.05, 0) is 37.1 Å². The molecular formula is C16H17ClN2O3S. The monoisotopic (exact) mass is 352 g/mol. The molecule has 2 fully saturated rings. The molecule has 3 rings (SSSR count). The highest BCUT2D eigenvalue weighted by atomic mass is 35.5. The number of carbonyl (C=O) groups is 3. The van der Waals surface area contributed by atoms with Crippen molar-refractivity contribution >= 4 is 40.3 Å². The molecule has 5 nitrogen and oxygen atoms in total. The molecule has 0 unspecified atom stereocenters. The predicted octanol–water partition coefficient (Wildman–Crippen LogP) is 2.59. The number of hydrogen-bond acceptors (Lipinski definition) is 4. The number of piperidine rings is 1. The molecule has 2 aliphatic heterocycles. The van der Waals surface area contributed by atoms with Gasteiger partial charge >= 0.3 is 0 Å². The minimum atomic E-state index is -0.420. The number of carbonyl (C=O) groups excluding carboxylic acids is 3. The maximum absolute atomic E-state index is 12.5. The van der Waals surface area contributed by atoms with Crippen LogP contribution in [0.4, 0.5) is 4.79 Å². The molecule has 1 aromatic carbocycles. The van der Waals surface area contributed by atoms with Crippen LogP contribution < -0.4 is 5.32 Å². The minimum absolute atomic E-state index is 0.0410. The van der Waals surface area contributed by atoms with E-state index in [1.165, 1.54) is 0 Å². The van der Waals surface area contributed by atoms with Gasteiger partial charge < -0.3 is 10.2 Å². The average molecular weight is 353 g/mol. The second-order valence-corrected chi connectivity index (χ2v) is 7.20. The van der Waals surface area contributed by atoms with Gasteiger partial charge in [0.25, 0.3) is 5.24 Å². The lowest BCUT2D eigenvalue weighted by molar-refractivity contribution is -0.133. The zero-order chi connectivity index (χ0) is 16.4. The summed E-state index contributed by atoms with van der Waals surface area (Å²) in [5.74, 6) is 0.494. The van der Waals surface area contributed by atoms with Crippen molar-refractivity contribution in [3.8, 4) is 0 Å². The molecule has 1 aromatic rings. The van der Waals surface area contributed by atoms with E-state index < -0.39 is 6.04 Å². The highest BCUT2D eigenvalue weighted by Crippen LogP contribution is 2.24. The Labute approximate surface area is 143 Å². The Bertz CT molecular complexity index is 627. The van der Waals surface area contributed by atoms with E-state index in [1.54, 1.807) is 29.2 Å². The van der Waals surface area contributed by atoms with Gasteiger partial charge in [0.1, 0.15) is 6.04 Å². The Hall–Kier alpha value is -1.53. The van der Waals surface area contributed by atoms with E-state index in [-0.39, 0.29) is 22.8 Å². The molecule has 0 radical (unpaired) electrons. The molecule has 2 amide bonds. The first-order valence-corrected chi connectivity index (χ1v) is 8.93. The fraction of sp³-hybridized carbons (Fsp3) is 0.438. The largest absolute Gasteiger partial charge is 0.341 e. The Morgan fingerprint density at radius 1 is 1.17 bits per heavy atom. The summed E-state index contributed by atoms with van der Waals surface area (Å²) in [4.78, 5) is 37.8. The van der Waals surface area contributed by atoms with E-state index in [2.05, 4.69) is 5.32 Å². The lowest BCUT2D eigenvalue weighted by Crippen LogP contribution is -2.49. The number of likely N-dealkylation sites (tertiary alicyclic amines) is 1. The number of halogens is 1. The quantitative estimate of drug-likeness (QED) is 0.849. The SMILES string of the molecule is O=C1N[C@@H](C(=O)N2CCC(C(=O)c3ccc(Cl)cc3)CC2)CS1. The summed E-state index contributed by atoms with van der Waals surface area (Å²) >= 11 is 6.98. The van der Waals surface area contributed by atoms with Gasteiger partial charge in [-0.15, -0.1) is 0 Å². The molecule has 1 atom stereocenters. The molecule has 122 valence electrons. The van der Waals surface area contributed by atoms with Gasteiger partial charge in [-0.25, -0.2) is 0 Å². The van der Waals surface area contributed by atoms with Gasteiger partial charge in [0.15, 0.2) is 5.78 Å². The topological polar surface area (TPSA) is 66.5 Å². The van der Waals surface area contributed by atoms with Gasteiger partial charge in [0.05, 0.1) is 0 Å². The third-order valence-corrected chi connectivity index (χ3v) is 5.41. The van der Waals surface area contributed by atoms with Crippen LogP contribution in [0.15, 0.2) is 24.3 Å². The van der Waals surface area contributed by atoms with Crippen molar-refractivity contribution < 1.29 is 14.4 Å². The molecule has 2 aliphatic rings. The molecule has 0 aromatic heterocycles. The lowest BCUT2D eigenvalue weighted by atomic mass is 9.88. The first-order valence-electron chi connectivity index (χ1n) is 7.56. The van der Waals surface area contributed by atoms with Crippen molar-refractivity contribution in [1.29, 1.82) is 0 Å². The fourth-order valence-corrected chi connectivity index (χ4v) is 3.85. The minimum Gasteiger partial charge on any atom is -0.341 e. The zero-order valence-corrected chi connectivity index (χ0v) is 14.0. The van der Waals surface area contributed by atoms with Crippen molar-refractivity contribution in [2.75, 3.05) is 18.8 Å². The Kier molecular flexibility index (Phi) is 4.92. The molecule has 0 spiro atoms. The van der Waals surface area contributed by atoms with Crippen LogP contribution in [0, 0.1) is 5.92 Å². The zero-order valence-electron chi connectivity index (χ0n) is 12.5. The van der Waals surface area contributed by atoms with Crippen LogP contribution >= 0.6 is 23.4 Å². The van der Waals surface area contributed by atoms with Crippen molar-refractivity contribution in [2.45, 2.75) is 18.9 Å². The van der Waals surface area contributed by atoms with Crippen LogP contribution in [-0.2, 0) is 4.79 Å². The maximum atomic E-state index is 12.5. The second-order valence-electron chi connectivity index (χ2n) is 5.77. The second kappa shape index (κ2) is 6.93. The average Bonchev–Trinajstić information content (AvgIpc) is 3.01. The van der Waals surface area contributed by atoms with E-state index in [4.69, 9.17) is 11.6 Å². The van der Waals surface area contributed by atoms with Crippen LogP contribution in [0.2, 0.25) is 5.02 Å². The molecule has 2 heterocycles. The van der Waals surface area contributed by atoms with Crippen LogP contribution in [0.25, 0.3) is 0 Å². The molecule has 0 saturated carbocycles. The van der Waals surface area contributed by atoms with Crippen molar-refractivity contribution in [3.63, 3.8) is 0 Å². The third-order valence-electron chi connectivity index (χ3n) is 4.28. The normalized spacial score (nSPS) is 22.0. The number of nitrogens with one attached hydrogen (secondary N) is 1. The summed E-state index contributed by atoms with van der Waals surface area (Å²) in [6, 6.07) is 6.50. The molecule has 7 heteroatoms. The molecular weight excluding hydrogens is 336 g/mol. The summed E-state index contributed by atoms with van der Waals surface area (Å²) in [5.41, 5.74) is 0.665. The smallest absolute Gasteiger partial charge is 0.279 e. The number of hydrogen-bond donors (Lipinski definition) is 1. The van der Waals surface area contributed by atoms with Crippen LogP contribution in [0.5, 0.6) is 0 Å². The van der Waals surface area contributed by atoms with E-state index in [9.17, 15) is 14.4 Å². The van der Waals surface area contributed by atoms with Gasteiger partial charge in [0.2, 0.25) is 5.91 Å². The fourth-order valence-electron chi connectivity index (χ4n) is 2.95. The summed E-state index contributed by atoms with van der Waals surface area (Å²) in [6.07, 6.45) is 1.31. The van der Waals surface area contributed by atoms with Crippen LogP contribution in [-0.4, -0.2) is 46.7 Å². The number of Topliss-reactive ketones (excluding diaryl/α,β-unsaturated/α-hetero) is 1. The van der Waals surface area contributed by atoms with Gasteiger partial charge in [0, 0.05) is 35.3 Å². The third kappa shape index (κ3) is 3.70. The highest BCUT2D eigenvalue weighted by Gasteiger charge is 2.34. The van der Waals surface area contributed by atoms with E-state index >= 15 is 0 Å². The first kappa shape index (κ1) is 16.3. The Balaban J connectivity index is 1.55. The Morgan fingerprint density at radius 2 is 1.83 bits per heavy atom.